The SMILES string of the molecule is NCCSc1ncccc1[N+](=O)[O-]. The molecular formula is C7H9N3O2S. The van der Waals surface area contributed by atoms with Crippen LogP contribution in [0.4, 0.5) is 5.69 Å². The van der Waals surface area contributed by atoms with Crippen molar-refractivity contribution in [2.24, 2.45) is 5.73 Å². The molecule has 0 aliphatic heterocycles. The lowest BCUT2D eigenvalue weighted by Gasteiger charge is -1.98. The van der Waals surface area contributed by atoms with Crippen molar-refractivity contribution in [2.75, 3.05) is 12.3 Å². The Morgan fingerprint density at radius 3 is 3.08 bits per heavy atom. The first-order valence-electron chi connectivity index (χ1n) is 3.68. The summed E-state index contributed by atoms with van der Waals surface area (Å²) in [5.41, 5.74) is 5.33. The van der Waals surface area contributed by atoms with Gasteiger partial charge in [-0.25, -0.2) is 4.98 Å². The lowest BCUT2D eigenvalue weighted by Crippen LogP contribution is -2.02. The van der Waals surface area contributed by atoms with Gasteiger partial charge in [0.1, 0.15) is 0 Å². The third kappa shape index (κ3) is 2.67. The van der Waals surface area contributed by atoms with E-state index in [9.17, 15) is 10.1 Å². The molecule has 6 heteroatoms. The lowest BCUT2D eigenvalue weighted by atomic mass is 10.4. The zero-order valence-corrected chi connectivity index (χ0v) is 7.66. The molecule has 0 aliphatic rings. The number of rotatable bonds is 4. The highest BCUT2D eigenvalue weighted by atomic mass is 32.2. The van der Waals surface area contributed by atoms with Crippen LogP contribution >= 0.6 is 11.8 Å². The molecular weight excluding hydrogens is 190 g/mol. The van der Waals surface area contributed by atoms with E-state index in [1.165, 1.54) is 24.0 Å². The molecule has 1 aromatic rings. The highest BCUT2D eigenvalue weighted by Crippen LogP contribution is 2.25. The summed E-state index contributed by atoms with van der Waals surface area (Å²) >= 11 is 1.30. The van der Waals surface area contributed by atoms with E-state index >= 15 is 0 Å². The average molecular weight is 199 g/mol. The van der Waals surface area contributed by atoms with Crippen LogP contribution in [0.1, 0.15) is 0 Å². The molecule has 2 N–H and O–H groups in total. The second kappa shape index (κ2) is 4.78. The maximum Gasteiger partial charge on any atom is 0.301 e. The number of nitro groups is 1. The van der Waals surface area contributed by atoms with Gasteiger partial charge in [0.15, 0.2) is 5.03 Å². The minimum Gasteiger partial charge on any atom is -0.330 e. The molecule has 13 heavy (non-hydrogen) atoms. The van der Waals surface area contributed by atoms with E-state index in [0.717, 1.165) is 0 Å². The van der Waals surface area contributed by atoms with Gasteiger partial charge < -0.3 is 5.73 Å². The molecule has 0 bridgehead atoms. The van der Waals surface area contributed by atoms with Crippen molar-refractivity contribution in [1.82, 2.24) is 4.98 Å². The highest BCUT2D eigenvalue weighted by molar-refractivity contribution is 7.99. The summed E-state index contributed by atoms with van der Waals surface area (Å²) in [6.45, 7) is 0.485. The summed E-state index contributed by atoms with van der Waals surface area (Å²) in [7, 11) is 0. The maximum absolute atomic E-state index is 10.5. The van der Waals surface area contributed by atoms with Gasteiger partial charge in [-0.3, -0.25) is 10.1 Å². The van der Waals surface area contributed by atoms with Crippen molar-refractivity contribution in [2.45, 2.75) is 5.03 Å². The van der Waals surface area contributed by atoms with Crippen LogP contribution in [0.5, 0.6) is 0 Å². The molecule has 0 radical (unpaired) electrons. The van der Waals surface area contributed by atoms with Gasteiger partial charge in [0, 0.05) is 24.6 Å². The quantitative estimate of drug-likeness (QED) is 0.445. The van der Waals surface area contributed by atoms with Gasteiger partial charge in [-0.1, -0.05) is 11.8 Å². The van der Waals surface area contributed by atoms with Crippen LogP contribution in [-0.4, -0.2) is 22.2 Å². The van der Waals surface area contributed by atoms with E-state index in [2.05, 4.69) is 4.98 Å². The third-order valence-electron chi connectivity index (χ3n) is 1.30. The van der Waals surface area contributed by atoms with E-state index in [1.54, 1.807) is 6.07 Å². The Labute approximate surface area is 79.5 Å². The molecule has 0 fully saturated rings. The molecule has 0 amide bonds. The van der Waals surface area contributed by atoms with Gasteiger partial charge in [0.2, 0.25) is 0 Å². The van der Waals surface area contributed by atoms with Gasteiger partial charge in [-0.05, 0) is 6.07 Å². The monoisotopic (exact) mass is 199 g/mol. The number of hydrogen-bond donors (Lipinski definition) is 1. The molecule has 0 saturated heterocycles. The molecule has 0 spiro atoms. The molecule has 1 rings (SSSR count). The number of hydrogen-bond acceptors (Lipinski definition) is 5. The molecule has 0 aromatic carbocycles. The summed E-state index contributed by atoms with van der Waals surface area (Å²) in [6, 6.07) is 2.98. The summed E-state index contributed by atoms with van der Waals surface area (Å²) in [6.07, 6.45) is 1.53. The standard InChI is InChI=1S/C7H9N3O2S/c8-3-5-13-7-6(10(11)12)2-1-4-9-7/h1-2,4H,3,5,8H2. The Kier molecular flexibility index (Phi) is 3.66. The Morgan fingerprint density at radius 1 is 1.69 bits per heavy atom. The normalized spacial score (nSPS) is 9.92. The van der Waals surface area contributed by atoms with E-state index < -0.39 is 4.92 Å². The molecule has 70 valence electrons. The maximum atomic E-state index is 10.5. The van der Waals surface area contributed by atoms with Gasteiger partial charge >= 0.3 is 5.69 Å². The van der Waals surface area contributed by atoms with Crippen LogP contribution in [0.3, 0.4) is 0 Å². The Morgan fingerprint density at radius 2 is 2.46 bits per heavy atom. The summed E-state index contributed by atoms with van der Waals surface area (Å²) < 4.78 is 0. The Bertz CT molecular complexity index is 306. The van der Waals surface area contributed by atoms with Gasteiger partial charge in [-0.2, -0.15) is 0 Å². The van der Waals surface area contributed by atoms with E-state index in [1.807, 2.05) is 0 Å². The molecule has 0 aliphatic carbocycles. The number of thioether (sulfide) groups is 1. The van der Waals surface area contributed by atoms with Crippen molar-refractivity contribution < 1.29 is 4.92 Å². The zero-order chi connectivity index (χ0) is 9.68. The molecule has 1 aromatic heterocycles. The highest BCUT2D eigenvalue weighted by Gasteiger charge is 2.13. The summed E-state index contributed by atoms with van der Waals surface area (Å²) in [4.78, 5) is 14.0. The smallest absolute Gasteiger partial charge is 0.301 e. The molecule has 0 unspecified atom stereocenters. The predicted octanol–water partition coefficient (Wildman–Crippen LogP) is 1.04. The topological polar surface area (TPSA) is 82.0 Å². The number of nitrogens with zero attached hydrogens (tertiary/aromatic N) is 2. The largest absolute Gasteiger partial charge is 0.330 e. The van der Waals surface area contributed by atoms with Crippen molar-refractivity contribution in [3.63, 3.8) is 0 Å². The second-order valence-corrected chi connectivity index (χ2v) is 3.31. The fraction of sp³-hybridized carbons (Fsp3) is 0.286. The van der Waals surface area contributed by atoms with Crippen LogP contribution in [0, 0.1) is 10.1 Å². The first kappa shape index (κ1) is 9.94. The Hall–Kier alpha value is -1.14. The summed E-state index contributed by atoms with van der Waals surface area (Å²) in [5, 5.41) is 10.9. The predicted molar refractivity (Wildman–Crippen MR) is 50.7 cm³/mol. The average Bonchev–Trinajstić information content (AvgIpc) is 2.15. The van der Waals surface area contributed by atoms with Crippen LogP contribution in [0.2, 0.25) is 0 Å². The molecule has 5 nitrogen and oxygen atoms in total. The fourth-order valence-corrected chi connectivity index (χ4v) is 1.53. The first-order valence-corrected chi connectivity index (χ1v) is 4.66. The number of aromatic nitrogens is 1. The minimum absolute atomic E-state index is 0.0425. The summed E-state index contributed by atoms with van der Waals surface area (Å²) in [5.74, 6) is 0.637. The van der Waals surface area contributed by atoms with Crippen LogP contribution in [0.15, 0.2) is 23.4 Å². The molecule has 0 saturated carbocycles. The Balaban J connectivity index is 2.84. The van der Waals surface area contributed by atoms with Gasteiger partial charge in [0.25, 0.3) is 0 Å². The van der Waals surface area contributed by atoms with E-state index in [0.29, 0.717) is 17.3 Å². The molecule has 0 atom stereocenters. The van der Waals surface area contributed by atoms with Crippen LogP contribution in [-0.2, 0) is 0 Å². The minimum atomic E-state index is -0.439. The van der Waals surface area contributed by atoms with Gasteiger partial charge in [0.05, 0.1) is 4.92 Å². The second-order valence-electron chi connectivity index (χ2n) is 2.22. The number of pyridine rings is 1. The van der Waals surface area contributed by atoms with Crippen LogP contribution < -0.4 is 5.73 Å². The van der Waals surface area contributed by atoms with Gasteiger partial charge in [-0.15, -0.1) is 0 Å². The molecule has 1 heterocycles. The van der Waals surface area contributed by atoms with Crippen LogP contribution in [0.25, 0.3) is 0 Å². The third-order valence-corrected chi connectivity index (χ3v) is 2.33. The fourth-order valence-electron chi connectivity index (χ4n) is 0.788. The zero-order valence-electron chi connectivity index (χ0n) is 6.84. The van der Waals surface area contributed by atoms with E-state index in [-0.39, 0.29) is 5.69 Å². The van der Waals surface area contributed by atoms with Crippen molar-refractivity contribution >= 4 is 17.4 Å². The van der Waals surface area contributed by atoms with E-state index in [4.69, 9.17) is 5.73 Å². The van der Waals surface area contributed by atoms with Crippen molar-refractivity contribution in [3.8, 4) is 0 Å². The number of nitrogens with two attached hydrogens (primary N) is 1. The first-order chi connectivity index (χ1) is 6.25. The lowest BCUT2D eigenvalue weighted by molar-refractivity contribution is -0.388. The van der Waals surface area contributed by atoms with Crippen molar-refractivity contribution in [3.05, 3.63) is 28.4 Å². The van der Waals surface area contributed by atoms with Crippen molar-refractivity contribution in [1.29, 1.82) is 0 Å².